The topological polar surface area (TPSA) is 84.8 Å². The van der Waals surface area contributed by atoms with Gasteiger partial charge in [0.1, 0.15) is 4.90 Å². The van der Waals surface area contributed by atoms with Gasteiger partial charge in [-0.1, -0.05) is 35.4 Å². The van der Waals surface area contributed by atoms with Crippen molar-refractivity contribution in [3.8, 4) is 5.75 Å². The molecular formula is C21H15Br2ClN2O4S. The number of nitrogens with one attached hydrogen (secondary N) is 1. The molecule has 0 aromatic heterocycles. The minimum atomic E-state index is -4.01. The Balaban J connectivity index is 1.75. The lowest BCUT2D eigenvalue weighted by Gasteiger charge is -2.11. The molecule has 3 aromatic rings. The number of benzene rings is 3. The molecule has 0 saturated carbocycles. The standard InChI is InChI=1S/C21H15Br2ClN2O4S/c1-13-5-7-17(8-6-13)31(28,29)30-20-18(22)9-14(10-19(20)23)12-25-26-21(27)15-3-2-4-16(24)11-15/h2-12H,1H3,(H,26,27)/b25-12-. The molecule has 1 N–H and O–H groups in total. The van der Waals surface area contributed by atoms with E-state index in [0.29, 0.717) is 25.1 Å². The number of halogens is 3. The molecule has 1 amide bonds. The van der Waals surface area contributed by atoms with Crippen LogP contribution in [0.1, 0.15) is 21.5 Å². The van der Waals surface area contributed by atoms with Gasteiger partial charge in [-0.3, -0.25) is 4.79 Å². The zero-order valence-corrected chi connectivity index (χ0v) is 20.7. The van der Waals surface area contributed by atoms with E-state index in [1.807, 2.05) is 6.92 Å². The number of carbonyl (C=O) groups excluding carboxylic acids is 1. The number of hydrogen-bond acceptors (Lipinski definition) is 5. The van der Waals surface area contributed by atoms with E-state index in [0.717, 1.165) is 5.56 Å². The van der Waals surface area contributed by atoms with Crippen LogP contribution in [0.3, 0.4) is 0 Å². The maximum Gasteiger partial charge on any atom is 0.339 e. The minimum Gasteiger partial charge on any atom is -0.377 e. The second kappa shape index (κ2) is 9.95. The normalized spacial score (nSPS) is 11.5. The number of amides is 1. The van der Waals surface area contributed by atoms with Crippen molar-refractivity contribution in [3.05, 3.63) is 91.3 Å². The minimum absolute atomic E-state index is 0.0475. The van der Waals surface area contributed by atoms with E-state index in [1.165, 1.54) is 24.4 Å². The summed E-state index contributed by atoms with van der Waals surface area (Å²) < 4.78 is 31.2. The average molecular weight is 587 g/mol. The van der Waals surface area contributed by atoms with Crippen molar-refractivity contribution >= 4 is 65.7 Å². The van der Waals surface area contributed by atoms with Crippen molar-refractivity contribution < 1.29 is 17.4 Å². The molecule has 0 aliphatic carbocycles. The van der Waals surface area contributed by atoms with Gasteiger partial charge in [0.2, 0.25) is 0 Å². The molecular weight excluding hydrogens is 572 g/mol. The van der Waals surface area contributed by atoms with Crippen LogP contribution in [0.25, 0.3) is 0 Å². The number of hydrazone groups is 1. The molecule has 0 aliphatic heterocycles. The van der Waals surface area contributed by atoms with E-state index < -0.39 is 16.0 Å². The Hall–Kier alpha value is -2.20. The molecule has 3 aromatic carbocycles. The molecule has 0 fully saturated rings. The second-order valence-electron chi connectivity index (χ2n) is 6.37. The van der Waals surface area contributed by atoms with Gasteiger partial charge in [-0.2, -0.15) is 13.5 Å². The van der Waals surface area contributed by atoms with Crippen LogP contribution < -0.4 is 9.61 Å². The third-order valence-corrected chi connectivity index (χ3v) is 6.64. The molecule has 10 heteroatoms. The van der Waals surface area contributed by atoms with Crippen molar-refractivity contribution in [2.45, 2.75) is 11.8 Å². The summed E-state index contributed by atoms with van der Waals surface area (Å²) in [6.07, 6.45) is 1.41. The van der Waals surface area contributed by atoms with Gasteiger partial charge >= 0.3 is 10.1 Å². The Kier molecular flexibility index (Phi) is 7.53. The van der Waals surface area contributed by atoms with Crippen molar-refractivity contribution in [2.24, 2.45) is 5.10 Å². The second-order valence-corrected chi connectivity index (χ2v) is 10.1. The first-order chi connectivity index (χ1) is 14.7. The third kappa shape index (κ3) is 6.16. The highest BCUT2D eigenvalue weighted by Crippen LogP contribution is 2.36. The molecule has 6 nitrogen and oxygen atoms in total. The first-order valence-corrected chi connectivity index (χ1v) is 12.1. The molecule has 0 saturated heterocycles. The smallest absolute Gasteiger partial charge is 0.339 e. The predicted molar refractivity (Wildman–Crippen MR) is 127 cm³/mol. The fourth-order valence-corrected chi connectivity index (χ4v) is 5.21. The largest absolute Gasteiger partial charge is 0.377 e. The summed E-state index contributed by atoms with van der Waals surface area (Å²) >= 11 is 12.5. The lowest BCUT2D eigenvalue weighted by molar-refractivity contribution is 0.0955. The Labute approximate surface area is 201 Å². The summed E-state index contributed by atoms with van der Waals surface area (Å²) in [5.41, 5.74) is 4.30. The monoisotopic (exact) mass is 584 g/mol. The highest BCUT2D eigenvalue weighted by atomic mass is 79.9. The number of aryl methyl sites for hydroxylation is 1. The molecule has 0 heterocycles. The first kappa shape index (κ1) is 23.5. The van der Waals surface area contributed by atoms with Crippen LogP contribution in [0, 0.1) is 6.92 Å². The first-order valence-electron chi connectivity index (χ1n) is 8.75. The maximum atomic E-state index is 12.6. The zero-order chi connectivity index (χ0) is 22.6. The van der Waals surface area contributed by atoms with Gasteiger partial charge < -0.3 is 4.18 Å². The Morgan fingerprint density at radius 3 is 2.32 bits per heavy atom. The number of nitrogens with zero attached hydrogens (tertiary/aromatic N) is 1. The van der Waals surface area contributed by atoms with Crippen molar-refractivity contribution in [1.82, 2.24) is 5.43 Å². The molecule has 0 radical (unpaired) electrons. The van der Waals surface area contributed by atoms with Gasteiger partial charge in [-0.15, -0.1) is 0 Å². The highest BCUT2D eigenvalue weighted by Gasteiger charge is 2.20. The van der Waals surface area contributed by atoms with Crippen LogP contribution in [0.15, 0.2) is 79.6 Å². The van der Waals surface area contributed by atoms with Gasteiger partial charge in [0.15, 0.2) is 5.75 Å². The molecule has 0 unspecified atom stereocenters. The summed E-state index contributed by atoms with van der Waals surface area (Å²) in [5.74, 6) is -0.318. The zero-order valence-electron chi connectivity index (χ0n) is 16.0. The number of carbonyl (C=O) groups is 1. The molecule has 160 valence electrons. The van der Waals surface area contributed by atoms with Gasteiger partial charge in [0.25, 0.3) is 5.91 Å². The van der Waals surface area contributed by atoms with E-state index in [2.05, 4.69) is 42.4 Å². The van der Waals surface area contributed by atoms with Gasteiger partial charge in [-0.25, -0.2) is 5.43 Å². The fourth-order valence-electron chi connectivity index (χ4n) is 2.46. The van der Waals surface area contributed by atoms with Gasteiger partial charge in [-0.05, 0) is 86.8 Å². The van der Waals surface area contributed by atoms with Crippen LogP contribution in [-0.2, 0) is 10.1 Å². The maximum absolute atomic E-state index is 12.6. The van der Waals surface area contributed by atoms with Gasteiger partial charge in [0, 0.05) is 10.6 Å². The van der Waals surface area contributed by atoms with Crippen LogP contribution in [-0.4, -0.2) is 20.5 Å². The Morgan fingerprint density at radius 1 is 1.06 bits per heavy atom. The van der Waals surface area contributed by atoms with Crippen LogP contribution in [0.4, 0.5) is 0 Å². The van der Waals surface area contributed by atoms with Crippen molar-refractivity contribution in [3.63, 3.8) is 0 Å². The Bertz CT molecular complexity index is 1240. The fraction of sp³-hybridized carbons (Fsp3) is 0.0476. The molecule has 0 aliphatic rings. The molecule has 0 atom stereocenters. The number of hydrogen-bond donors (Lipinski definition) is 1. The van der Waals surface area contributed by atoms with Gasteiger partial charge in [0.05, 0.1) is 15.2 Å². The van der Waals surface area contributed by atoms with Crippen molar-refractivity contribution in [2.75, 3.05) is 0 Å². The van der Waals surface area contributed by atoms with E-state index in [9.17, 15) is 13.2 Å². The van der Waals surface area contributed by atoms with E-state index in [-0.39, 0.29) is 10.6 Å². The van der Waals surface area contributed by atoms with E-state index in [1.54, 1.807) is 42.5 Å². The van der Waals surface area contributed by atoms with Crippen LogP contribution in [0.2, 0.25) is 5.02 Å². The molecule has 0 spiro atoms. The summed E-state index contributed by atoms with van der Waals surface area (Å²) in [4.78, 5) is 12.1. The summed E-state index contributed by atoms with van der Waals surface area (Å²) in [6.45, 7) is 1.86. The molecule has 31 heavy (non-hydrogen) atoms. The highest BCUT2D eigenvalue weighted by molar-refractivity contribution is 9.11. The van der Waals surface area contributed by atoms with Crippen LogP contribution in [0.5, 0.6) is 5.75 Å². The van der Waals surface area contributed by atoms with Crippen LogP contribution >= 0.6 is 43.5 Å². The number of rotatable bonds is 6. The average Bonchev–Trinajstić information content (AvgIpc) is 2.71. The quantitative estimate of drug-likeness (QED) is 0.228. The predicted octanol–water partition coefficient (Wildman–Crippen LogP) is 5.71. The lowest BCUT2D eigenvalue weighted by atomic mass is 10.2. The summed E-state index contributed by atoms with van der Waals surface area (Å²) in [7, 11) is -4.01. The molecule has 0 bridgehead atoms. The van der Waals surface area contributed by atoms with E-state index in [4.69, 9.17) is 15.8 Å². The van der Waals surface area contributed by atoms with E-state index >= 15 is 0 Å². The third-order valence-electron chi connectivity index (χ3n) is 3.99. The molecule has 3 rings (SSSR count). The summed E-state index contributed by atoms with van der Waals surface area (Å²) in [5, 5.41) is 4.37. The Morgan fingerprint density at radius 2 is 1.71 bits per heavy atom. The lowest BCUT2D eigenvalue weighted by Crippen LogP contribution is -2.17. The van der Waals surface area contributed by atoms with Crippen molar-refractivity contribution in [1.29, 1.82) is 0 Å². The SMILES string of the molecule is Cc1ccc(S(=O)(=O)Oc2c(Br)cc(/C=N\NC(=O)c3cccc(Cl)c3)cc2Br)cc1. The summed E-state index contributed by atoms with van der Waals surface area (Å²) in [6, 6.07) is 16.0.